The van der Waals surface area contributed by atoms with E-state index in [4.69, 9.17) is 0 Å². The van der Waals surface area contributed by atoms with Crippen molar-refractivity contribution in [2.45, 2.75) is 25.4 Å². The van der Waals surface area contributed by atoms with Gasteiger partial charge in [0, 0.05) is 25.2 Å². The molecular formula is C7H14N2O2S. The first-order chi connectivity index (χ1) is 5.61. The second kappa shape index (κ2) is 2.68. The molecule has 0 aliphatic carbocycles. The van der Waals surface area contributed by atoms with Crippen LogP contribution in [0.3, 0.4) is 0 Å². The van der Waals surface area contributed by atoms with Gasteiger partial charge in [-0.1, -0.05) is 0 Å². The van der Waals surface area contributed by atoms with Crippen molar-refractivity contribution in [2.24, 2.45) is 0 Å². The van der Waals surface area contributed by atoms with Gasteiger partial charge in [-0.2, -0.15) is 4.31 Å². The summed E-state index contributed by atoms with van der Waals surface area (Å²) in [7, 11) is -2.89. The van der Waals surface area contributed by atoms with E-state index in [1.807, 2.05) is 0 Å². The molecule has 0 aromatic heterocycles. The van der Waals surface area contributed by atoms with Gasteiger partial charge in [-0.15, -0.1) is 0 Å². The maximum atomic E-state index is 11.4. The van der Waals surface area contributed by atoms with Gasteiger partial charge in [0.25, 0.3) is 0 Å². The van der Waals surface area contributed by atoms with Crippen molar-refractivity contribution in [3.8, 4) is 0 Å². The zero-order valence-corrected chi connectivity index (χ0v) is 7.97. The molecule has 0 radical (unpaired) electrons. The molecule has 0 spiro atoms. The SMILES string of the molecule is CC1NCCN2C1CCS2(=O)=O. The average Bonchev–Trinajstić information content (AvgIpc) is 2.30. The van der Waals surface area contributed by atoms with Crippen molar-refractivity contribution < 1.29 is 8.42 Å². The molecule has 0 amide bonds. The van der Waals surface area contributed by atoms with Crippen molar-refractivity contribution in [3.05, 3.63) is 0 Å². The fraction of sp³-hybridized carbons (Fsp3) is 1.00. The van der Waals surface area contributed by atoms with E-state index in [9.17, 15) is 8.42 Å². The molecule has 2 aliphatic rings. The van der Waals surface area contributed by atoms with Gasteiger partial charge in [0.2, 0.25) is 10.0 Å². The minimum atomic E-state index is -2.89. The first kappa shape index (κ1) is 8.47. The van der Waals surface area contributed by atoms with Crippen LogP contribution in [-0.2, 0) is 10.0 Å². The van der Waals surface area contributed by atoms with Crippen molar-refractivity contribution >= 4 is 10.0 Å². The molecule has 2 saturated heterocycles. The Hall–Kier alpha value is -0.130. The summed E-state index contributed by atoms with van der Waals surface area (Å²) in [5.74, 6) is 0.337. The summed E-state index contributed by atoms with van der Waals surface area (Å²) in [5.41, 5.74) is 0. The molecule has 0 bridgehead atoms. The van der Waals surface area contributed by atoms with Gasteiger partial charge in [0.15, 0.2) is 0 Å². The largest absolute Gasteiger partial charge is 0.311 e. The average molecular weight is 190 g/mol. The number of rotatable bonds is 0. The zero-order chi connectivity index (χ0) is 8.77. The Morgan fingerprint density at radius 2 is 2.25 bits per heavy atom. The smallest absolute Gasteiger partial charge is 0.214 e. The number of nitrogens with zero attached hydrogens (tertiary/aromatic N) is 1. The van der Waals surface area contributed by atoms with Crippen LogP contribution in [0.15, 0.2) is 0 Å². The van der Waals surface area contributed by atoms with Crippen LogP contribution in [0.2, 0.25) is 0 Å². The van der Waals surface area contributed by atoms with Gasteiger partial charge < -0.3 is 5.32 Å². The second-order valence-electron chi connectivity index (χ2n) is 3.53. The number of sulfonamides is 1. The van der Waals surface area contributed by atoms with Gasteiger partial charge >= 0.3 is 0 Å². The Bertz CT molecular complexity index is 275. The molecule has 4 nitrogen and oxygen atoms in total. The highest BCUT2D eigenvalue weighted by atomic mass is 32.2. The molecule has 70 valence electrons. The van der Waals surface area contributed by atoms with Crippen LogP contribution in [0.1, 0.15) is 13.3 Å². The van der Waals surface area contributed by atoms with E-state index in [-0.39, 0.29) is 6.04 Å². The third-order valence-corrected chi connectivity index (χ3v) is 4.69. The summed E-state index contributed by atoms with van der Waals surface area (Å²) in [5, 5.41) is 3.29. The van der Waals surface area contributed by atoms with Gasteiger partial charge in [0.1, 0.15) is 0 Å². The lowest BCUT2D eigenvalue weighted by Crippen LogP contribution is -2.54. The summed E-state index contributed by atoms with van der Waals surface area (Å²) >= 11 is 0. The Morgan fingerprint density at radius 3 is 2.92 bits per heavy atom. The summed E-state index contributed by atoms with van der Waals surface area (Å²) in [6, 6.07) is 0.528. The molecule has 0 saturated carbocycles. The molecule has 12 heavy (non-hydrogen) atoms. The fourth-order valence-electron chi connectivity index (χ4n) is 2.08. The fourth-order valence-corrected chi connectivity index (χ4v) is 3.92. The highest BCUT2D eigenvalue weighted by Gasteiger charge is 2.41. The van der Waals surface area contributed by atoms with Crippen LogP contribution in [0, 0.1) is 0 Å². The number of nitrogens with one attached hydrogen (secondary N) is 1. The van der Waals surface area contributed by atoms with E-state index < -0.39 is 10.0 Å². The van der Waals surface area contributed by atoms with Gasteiger partial charge in [-0.25, -0.2) is 8.42 Å². The molecule has 2 fully saturated rings. The monoisotopic (exact) mass is 190 g/mol. The third-order valence-electron chi connectivity index (χ3n) is 2.77. The Labute approximate surface area is 73.0 Å². The maximum absolute atomic E-state index is 11.4. The lowest BCUT2D eigenvalue weighted by molar-refractivity contribution is 0.233. The predicted octanol–water partition coefficient (Wildman–Crippen LogP) is -0.618. The molecule has 2 aliphatic heterocycles. The standard InChI is InChI=1S/C7H14N2O2S/c1-6-7-2-5-12(10,11)9(7)4-3-8-6/h6-8H,2-5H2,1H3. The number of piperazine rings is 1. The molecule has 1 N–H and O–H groups in total. The summed E-state index contributed by atoms with van der Waals surface area (Å²) in [4.78, 5) is 0. The van der Waals surface area contributed by atoms with E-state index in [0.717, 1.165) is 13.0 Å². The molecule has 0 aromatic rings. The molecule has 0 aromatic carbocycles. The highest BCUT2D eigenvalue weighted by molar-refractivity contribution is 7.89. The molecule has 2 heterocycles. The Kier molecular flexibility index (Phi) is 1.89. The van der Waals surface area contributed by atoms with Crippen LogP contribution in [0.25, 0.3) is 0 Å². The third kappa shape index (κ3) is 1.16. The van der Waals surface area contributed by atoms with Crippen molar-refractivity contribution in [2.75, 3.05) is 18.8 Å². The van der Waals surface area contributed by atoms with Crippen LogP contribution < -0.4 is 5.32 Å². The lowest BCUT2D eigenvalue weighted by Gasteiger charge is -2.33. The van der Waals surface area contributed by atoms with E-state index in [1.54, 1.807) is 4.31 Å². The number of fused-ring (bicyclic) bond motifs is 1. The number of hydrogen-bond donors (Lipinski definition) is 1. The molecule has 2 unspecified atom stereocenters. The zero-order valence-electron chi connectivity index (χ0n) is 7.16. The van der Waals surface area contributed by atoms with Crippen LogP contribution >= 0.6 is 0 Å². The van der Waals surface area contributed by atoms with Gasteiger partial charge in [0.05, 0.1) is 5.75 Å². The number of hydrogen-bond acceptors (Lipinski definition) is 3. The Balaban J connectivity index is 2.26. The first-order valence-corrected chi connectivity index (χ1v) is 5.95. The quantitative estimate of drug-likeness (QED) is 0.554. The topological polar surface area (TPSA) is 49.4 Å². The van der Waals surface area contributed by atoms with Crippen molar-refractivity contribution in [1.29, 1.82) is 0 Å². The minimum Gasteiger partial charge on any atom is -0.311 e. The van der Waals surface area contributed by atoms with Gasteiger partial charge in [-0.05, 0) is 13.3 Å². The highest BCUT2D eigenvalue weighted by Crippen LogP contribution is 2.25. The summed E-state index contributed by atoms with van der Waals surface area (Å²) in [6.07, 6.45) is 0.788. The normalized spacial score (nSPS) is 41.1. The van der Waals surface area contributed by atoms with Crippen LogP contribution in [0.5, 0.6) is 0 Å². The molecule has 2 atom stereocenters. The maximum Gasteiger partial charge on any atom is 0.214 e. The molecular weight excluding hydrogens is 176 g/mol. The second-order valence-corrected chi connectivity index (χ2v) is 5.57. The summed E-state index contributed by atoms with van der Waals surface area (Å²) in [6.45, 7) is 3.49. The van der Waals surface area contributed by atoms with Crippen molar-refractivity contribution in [1.82, 2.24) is 9.62 Å². The van der Waals surface area contributed by atoms with Crippen LogP contribution in [-0.4, -0.2) is 43.6 Å². The van der Waals surface area contributed by atoms with E-state index in [0.29, 0.717) is 18.3 Å². The Morgan fingerprint density at radius 1 is 1.50 bits per heavy atom. The predicted molar refractivity (Wildman–Crippen MR) is 46.4 cm³/mol. The van der Waals surface area contributed by atoms with Crippen LogP contribution in [0.4, 0.5) is 0 Å². The van der Waals surface area contributed by atoms with Gasteiger partial charge in [-0.3, -0.25) is 0 Å². The van der Waals surface area contributed by atoms with E-state index in [1.165, 1.54) is 0 Å². The van der Waals surface area contributed by atoms with E-state index >= 15 is 0 Å². The first-order valence-electron chi connectivity index (χ1n) is 4.34. The minimum absolute atomic E-state index is 0.212. The van der Waals surface area contributed by atoms with Crippen molar-refractivity contribution in [3.63, 3.8) is 0 Å². The van der Waals surface area contributed by atoms with E-state index in [2.05, 4.69) is 12.2 Å². The summed E-state index contributed by atoms with van der Waals surface area (Å²) < 4.78 is 24.5. The lowest BCUT2D eigenvalue weighted by atomic mass is 10.1. The molecule has 2 rings (SSSR count). The molecule has 5 heteroatoms.